The summed E-state index contributed by atoms with van der Waals surface area (Å²) in [6, 6.07) is 10.5. The molecule has 0 unspecified atom stereocenters. The summed E-state index contributed by atoms with van der Waals surface area (Å²) < 4.78 is 20.4. The lowest BCUT2D eigenvalue weighted by atomic mass is 9.69. The van der Waals surface area contributed by atoms with Gasteiger partial charge in [-0.2, -0.15) is 0 Å². The fraction of sp³-hybridized carbons (Fsp3) is 0.793. The molecule has 0 saturated carbocycles. The molecule has 2 saturated heterocycles. The van der Waals surface area contributed by atoms with E-state index in [1.165, 1.54) is 5.56 Å². The Morgan fingerprint density at radius 3 is 2.15 bits per heavy atom. The van der Waals surface area contributed by atoms with Crippen molar-refractivity contribution in [3.05, 3.63) is 35.9 Å². The van der Waals surface area contributed by atoms with Gasteiger partial charge in [-0.3, -0.25) is 0 Å². The summed E-state index contributed by atoms with van der Waals surface area (Å²) in [5, 5.41) is 0. The van der Waals surface area contributed by atoms with E-state index in [4.69, 9.17) is 13.9 Å². The molecule has 1 aromatic carbocycles. The summed E-state index contributed by atoms with van der Waals surface area (Å²) in [5.41, 5.74) is 2.98. The predicted octanol–water partition coefficient (Wildman–Crippen LogP) is 8.14. The van der Waals surface area contributed by atoms with Crippen molar-refractivity contribution < 1.29 is 13.9 Å². The van der Waals surface area contributed by atoms with Crippen LogP contribution in [0.5, 0.6) is 0 Å². The van der Waals surface area contributed by atoms with Gasteiger partial charge in [-0.25, -0.2) is 0 Å². The third kappa shape index (κ3) is 5.29. The van der Waals surface area contributed by atoms with E-state index in [-0.39, 0.29) is 17.1 Å². The average molecular weight is 475 g/mol. The second-order valence-electron chi connectivity index (χ2n) is 12.4. The average Bonchev–Trinajstić information content (AvgIpc) is 3.13. The fourth-order valence-electron chi connectivity index (χ4n) is 7.17. The maximum atomic E-state index is 7.58. The first kappa shape index (κ1) is 26.9. The van der Waals surface area contributed by atoms with E-state index in [0.717, 1.165) is 32.3 Å². The molecule has 0 radical (unpaired) electrons. The van der Waals surface area contributed by atoms with Crippen LogP contribution in [0, 0.1) is 11.3 Å². The highest BCUT2D eigenvalue weighted by atomic mass is 28.4. The molecule has 188 valence electrons. The Bertz CT molecular complexity index is 723. The van der Waals surface area contributed by atoms with Gasteiger partial charge in [-0.1, -0.05) is 85.7 Å². The largest absolute Gasteiger partial charge is 0.412 e. The minimum Gasteiger partial charge on any atom is -0.412 e. The molecule has 2 heterocycles. The van der Waals surface area contributed by atoms with E-state index >= 15 is 0 Å². The maximum absolute atomic E-state index is 7.58. The Balaban J connectivity index is 1.77. The Morgan fingerprint density at radius 1 is 0.970 bits per heavy atom. The van der Waals surface area contributed by atoms with Crippen molar-refractivity contribution in [2.75, 3.05) is 6.61 Å². The third-order valence-corrected chi connectivity index (χ3v) is 15.1. The van der Waals surface area contributed by atoms with Crippen LogP contribution in [0.2, 0.25) is 16.6 Å². The monoisotopic (exact) mass is 474 g/mol. The molecule has 3 nitrogen and oxygen atoms in total. The number of hydrogen-bond acceptors (Lipinski definition) is 3. The zero-order valence-corrected chi connectivity index (χ0v) is 23.8. The van der Waals surface area contributed by atoms with Crippen LogP contribution in [-0.4, -0.2) is 32.7 Å². The smallest absolute Gasteiger partial charge is 0.200 e. The van der Waals surface area contributed by atoms with Crippen LogP contribution in [0.15, 0.2) is 30.3 Å². The number of ether oxygens (including phenoxy) is 2. The summed E-state index contributed by atoms with van der Waals surface area (Å²) in [4.78, 5) is 0. The van der Waals surface area contributed by atoms with Gasteiger partial charge < -0.3 is 13.9 Å². The highest BCUT2D eigenvalue weighted by molar-refractivity contribution is 6.77. The number of rotatable bonds is 11. The quantitative estimate of drug-likeness (QED) is 0.239. The van der Waals surface area contributed by atoms with Crippen LogP contribution in [-0.2, 0) is 20.5 Å². The molecule has 3 rings (SSSR count). The van der Waals surface area contributed by atoms with Gasteiger partial charge in [0, 0.05) is 17.9 Å². The van der Waals surface area contributed by atoms with Crippen molar-refractivity contribution in [3.63, 3.8) is 0 Å². The van der Waals surface area contributed by atoms with Gasteiger partial charge in [0.25, 0.3) is 0 Å². The van der Waals surface area contributed by atoms with E-state index in [1.54, 1.807) is 0 Å². The Labute approximate surface area is 205 Å². The lowest BCUT2D eigenvalue weighted by Gasteiger charge is -2.57. The van der Waals surface area contributed by atoms with E-state index in [9.17, 15) is 0 Å². The summed E-state index contributed by atoms with van der Waals surface area (Å²) in [6.45, 7) is 23.1. The fourth-order valence-corrected chi connectivity index (χ4v) is 12.9. The van der Waals surface area contributed by atoms with Crippen molar-refractivity contribution in [1.29, 1.82) is 0 Å². The zero-order chi connectivity index (χ0) is 24.4. The maximum Gasteiger partial charge on any atom is 0.200 e. The standard InChI is InChI=1S/C29H50O3Si/c1-21(2)33(22(3)4,23(5)6)32-27-25(29(9)18-17-26(31-29)28(27,7)8)16-13-19-30-20-24-14-11-10-12-15-24/h10-12,14-15,21-23,25-27H,13,16-20H2,1-9H3/t25-,26-,27-,29+/m1/s1. The van der Waals surface area contributed by atoms with E-state index in [0.29, 0.717) is 35.3 Å². The van der Waals surface area contributed by atoms with E-state index < -0.39 is 8.32 Å². The summed E-state index contributed by atoms with van der Waals surface area (Å²) in [7, 11) is -2.00. The number of hydrogen-bond donors (Lipinski definition) is 0. The molecule has 0 amide bonds. The molecular weight excluding hydrogens is 424 g/mol. The van der Waals surface area contributed by atoms with Gasteiger partial charge in [0.2, 0.25) is 8.32 Å². The van der Waals surface area contributed by atoms with Crippen LogP contribution in [0.25, 0.3) is 0 Å². The van der Waals surface area contributed by atoms with Crippen LogP contribution in [0.3, 0.4) is 0 Å². The highest BCUT2D eigenvalue weighted by Gasteiger charge is 2.62. The minimum atomic E-state index is -2.00. The zero-order valence-electron chi connectivity index (χ0n) is 22.8. The third-order valence-electron chi connectivity index (χ3n) is 8.98. The lowest BCUT2D eigenvalue weighted by molar-refractivity contribution is -0.213. The first-order valence-corrected chi connectivity index (χ1v) is 15.6. The molecule has 0 spiro atoms. The molecule has 0 N–H and O–H groups in total. The van der Waals surface area contributed by atoms with Gasteiger partial charge >= 0.3 is 0 Å². The summed E-state index contributed by atoms with van der Waals surface area (Å²) in [6.07, 6.45) is 5.01. The van der Waals surface area contributed by atoms with Crippen LogP contribution in [0.4, 0.5) is 0 Å². The highest BCUT2D eigenvalue weighted by Crippen LogP contribution is 2.57. The molecule has 4 atom stereocenters. The van der Waals surface area contributed by atoms with Crippen molar-refractivity contribution in [2.24, 2.45) is 11.3 Å². The molecule has 2 bridgehead atoms. The van der Waals surface area contributed by atoms with E-state index in [2.05, 4.69) is 92.6 Å². The topological polar surface area (TPSA) is 27.7 Å². The second kappa shape index (κ2) is 10.5. The molecule has 0 aromatic heterocycles. The summed E-state index contributed by atoms with van der Waals surface area (Å²) in [5.74, 6) is 0.412. The normalized spacial score (nSPS) is 29.4. The molecule has 0 aliphatic carbocycles. The van der Waals surface area contributed by atoms with Gasteiger partial charge in [0.05, 0.1) is 24.4 Å². The van der Waals surface area contributed by atoms with Gasteiger partial charge in [0.1, 0.15) is 0 Å². The van der Waals surface area contributed by atoms with Crippen molar-refractivity contribution in [1.82, 2.24) is 0 Å². The van der Waals surface area contributed by atoms with Crippen molar-refractivity contribution in [3.8, 4) is 0 Å². The first-order chi connectivity index (χ1) is 15.4. The first-order valence-electron chi connectivity index (χ1n) is 13.4. The predicted molar refractivity (Wildman–Crippen MR) is 141 cm³/mol. The molecular formula is C29H50O3Si. The molecule has 1 aromatic rings. The molecule has 2 aliphatic heterocycles. The second-order valence-corrected chi connectivity index (χ2v) is 17.8. The molecule has 2 fully saturated rings. The van der Waals surface area contributed by atoms with E-state index in [1.807, 2.05) is 0 Å². The lowest BCUT2D eigenvalue weighted by Crippen LogP contribution is -2.62. The Hall–Kier alpha value is -0.683. The Morgan fingerprint density at radius 2 is 1.58 bits per heavy atom. The molecule has 2 aliphatic rings. The van der Waals surface area contributed by atoms with Gasteiger partial charge in [-0.15, -0.1) is 0 Å². The Kier molecular flexibility index (Phi) is 8.58. The van der Waals surface area contributed by atoms with Crippen molar-refractivity contribution >= 4 is 8.32 Å². The van der Waals surface area contributed by atoms with Crippen LogP contribution < -0.4 is 0 Å². The summed E-state index contributed by atoms with van der Waals surface area (Å²) >= 11 is 0. The minimum absolute atomic E-state index is 0.0303. The van der Waals surface area contributed by atoms with Crippen LogP contribution in [0.1, 0.15) is 93.6 Å². The number of benzene rings is 1. The van der Waals surface area contributed by atoms with Crippen LogP contribution >= 0.6 is 0 Å². The number of fused-ring (bicyclic) bond motifs is 2. The van der Waals surface area contributed by atoms with Gasteiger partial charge in [0.15, 0.2) is 0 Å². The molecule has 4 heteroatoms. The van der Waals surface area contributed by atoms with Crippen molar-refractivity contribution in [2.45, 2.75) is 129 Å². The van der Waals surface area contributed by atoms with Gasteiger partial charge in [-0.05, 0) is 54.8 Å². The molecule has 33 heavy (non-hydrogen) atoms. The SMILES string of the molecule is CC(C)[Si](O[C@@H]1[C@@H](CCCOCc2ccccc2)[C@]2(C)CC[C@@H](O2)C1(C)C)(C(C)C)C(C)C.